The van der Waals surface area contributed by atoms with E-state index in [2.05, 4.69) is 29.7 Å². The van der Waals surface area contributed by atoms with Crippen LogP contribution in [0.3, 0.4) is 0 Å². The topological polar surface area (TPSA) is 64.9 Å². The number of nitriles is 1. The van der Waals surface area contributed by atoms with Crippen LogP contribution in [0.5, 0.6) is 0 Å². The van der Waals surface area contributed by atoms with E-state index in [4.69, 9.17) is 16.9 Å². The van der Waals surface area contributed by atoms with Crippen LogP contribution >= 0.6 is 11.6 Å². The van der Waals surface area contributed by atoms with Gasteiger partial charge in [0.25, 0.3) is 5.91 Å². The fraction of sp³-hybridized carbons (Fsp3) is 0.158. The Labute approximate surface area is 146 Å². The molecule has 5 heteroatoms. The molecule has 2 aromatic rings. The summed E-state index contributed by atoms with van der Waals surface area (Å²) in [7, 11) is 0. The molecule has 0 saturated heterocycles. The number of amides is 1. The van der Waals surface area contributed by atoms with Crippen LogP contribution in [0.15, 0.2) is 60.3 Å². The number of carbonyl (C=O) groups is 1. The lowest BCUT2D eigenvalue weighted by Crippen LogP contribution is -2.18. The molecule has 0 aromatic heterocycles. The predicted molar refractivity (Wildman–Crippen MR) is 96.7 cm³/mol. The molecule has 1 amide bonds. The van der Waals surface area contributed by atoms with Gasteiger partial charge in [-0.2, -0.15) is 5.26 Å². The number of anilines is 1. The molecule has 0 heterocycles. The Morgan fingerprint density at radius 3 is 2.58 bits per heavy atom. The third-order valence-corrected chi connectivity index (χ3v) is 3.77. The van der Waals surface area contributed by atoms with Gasteiger partial charge >= 0.3 is 0 Å². The smallest absolute Gasteiger partial charge is 0.267 e. The van der Waals surface area contributed by atoms with Gasteiger partial charge in [-0.15, -0.1) is 0 Å². The molecule has 122 valence electrons. The zero-order valence-corrected chi connectivity index (χ0v) is 14.1. The van der Waals surface area contributed by atoms with Crippen molar-refractivity contribution < 1.29 is 4.79 Å². The zero-order chi connectivity index (χ0) is 17.4. The quantitative estimate of drug-likeness (QED) is 0.477. The standard InChI is InChI=1S/C19H18ClN3O/c1-14-4-2-3-5-15(14)10-11-22-13-16(12-21)19(24)23-18-8-6-17(20)7-9-18/h2-9,13,22H,10-11H2,1H3,(H,23,24)/b16-13-. The normalized spacial score (nSPS) is 10.8. The average Bonchev–Trinajstić information content (AvgIpc) is 2.58. The monoisotopic (exact) mass is 339 g/mol. The number of rotatable bonds is 6. The molecule has 0 bridgehead atoms. The highest BCUT2D eigenvalue weighted by Gasteiger charge is 2.09. The zero-order valence-electron chi connectivity index (χ0n) is 13.3. The Hall–Kier alpha value is -2.77. The summed E-state index contributed by atoms with van der Waals surface area (Å²) < 4.78 is 0. The summed E-state index contributed by atoms with van der Waals surface area (Å²) >= 11 is 5.80. The summed E-state index contributed by atoms with van der Waals surface area (Å²) in [6, 6.07) is 16.7. The lowest BCUT2D eigenvalue weighted by molar-refractivity contribution is -0.112. The molecular formula is C19H18ClN3O. The predicted octanol–water partition coefficient (Wildman–Crippen LogP) is 3.83. The lowest BCUT2D eigenvalue weighted by Gasteiger charge is -2.07. The molecular weight excluding hydrogens is 322 g/mol. The van der Waals surface area contributed by atoms with E-state index in [1.165, 1.54) is 17.3 Å². The number of benzene rings is 2. The van der Waals surface area contributed by atoms with Gasteiger partial charge in [-0.05, 0) is 48.7 Å². The van der Waals surface area contributed by atoms with E-state index in [-0.39, 0.29) is 5.57 Å². The second-order valence-electron chi connectivity index (χ2n) is 5.26. The summed E-state index contributed by atoms with van der Waals surface area (Å²) in [6.45, 7) is 2.70. The molecule has 0 atom stereocenters. The van der Waals surface area contributed by atoms with Gasteiger partial charge in [0, 0.05) is 23.5 Å². The molecule has 0 unspecified atom stereocenters. The van der Waals surface area contributed by atoms with Crippen molar-refractivity contribution in [2.24, 2.45) is 0 Å². The third kappa shape index (κ3) is 5.15. The summed E-state index contributed by atoms with van der Waals surface area (Å²) in [5, 5.41) is 15.4. The van der Waals surface area contributed by atoms with Crippen LogP contribution in [0.25, 0.3) is 0 Å². The van der Waals surface area contributed by atoms with Crippen molar-refractivity contribution >= 4 is 23.2 Å². The van der Waals surface area contributed by atoms with Crippen LogP contribution in [0.1, 0.15) is 11.1 Å². The maximum atomic E-state index is 12.1. The van der Waals surface area contributed by atoms with E-state index in [9.17, 15) is 4.79 Å². The van der Waals surface area contributed by atoms with Crippen molar-refractivity contribution in [1.82, 2.24) is 5.32 Å². The molecule has 0 saturated carbocycles. The fourth-order valence-corrected chi connectivity index (χ4v) is 2.28. The maximum absolute atomic E-state index is 12.1. The molecule has 0 aliphatic heterocycles. The largest absolute Gasteiger partial charge is 0.389 e. The third-order valence-electron chi connectivity index (χ3n) is 3.51. The molecule has 4 nitrogen and oxygen atoms in total. The molecule has 0 fully saturated rings. The van der Waals surface area contributed by atoms with Crippen LogP contribution in [0.2, 0.25) is 5.02 Å². The second kappa shape index (κ2) is 8.76. The minimum absolute atomic E-state index is 0.0229. The molecule has 0 aliphatic carbocycles. The van der Waals surface area contributed by atoms with Crippen LogP contribution in [0, 0.1) is 18.3 Å². The highest BCUT2D eigenvalue weighted by molar-refractivity contribution is 6.30. The SMILES string of the molecule is Cc1ccccc1CCN/C=C(/C#N)C(=O)Nc1ccc(Cl)cc1. The van der Waals surface area contributed by atoms with Gasteiger partial charge < -0.3 is 10.6 Å². The number of halogens is 1. The van der Waals surface area contributed by atoms with Gasteiger partial charge in [-0.25, -0.2) is 0 Å². The first kappa shape index (κ1) is 17.6. The van der Waals surface area contributed by atoms with E-state index >= 15 is 0 Å². The Bertz CT molecular complexity index is 776. The number of nitrogens with one attached hydrogen (secondary N) is 2. The average molecular weight is 340 g/mol. The molecule has 0 aliphatic rings. The number of carbonyl (C=O) groups excluding carboxylic acids is 1. The maximum Gasteiger partial charge on any atom is 0.267 e. The molecule has 2 rings (SSSR count). The highest BCUT2D eigenvalue weighted by Crippen LogP contribution is 2.14. The van der Waals surface area contributed by atoms with E-state index < -0.39 is 5.91 Å². The van der Waals surface area contributed by atoms with Crippen LogP contribution in [-0.2, 0) is 11.2 Å². The molecule has 0 radical (unpaired) electrons. The van der Waals surface area contributed by atoms with Crippen LogP contribution in [-0.4, -0.2) is 12.5 Å². The Balaban J connectivity index is 1.89. The Kier molecular flexibility index (Phi) is 6.41. The summed E-state index contributed by atoms with van der Waals surface area (Å²) in [4.78, 5) is 12.1. The first-order chi connectivity index (χ1) is 11.6. The first-order valence-corrected chi connectivity index (χ1v) is 7.93. The Morgan fingerprint density at radius 2 is 1.92 bits per heavy atom. The van der Waals surface area contributed by atoms with Crippen LogP contribution in [0.4, 0.5) is 5.69 Å². The van der Waals surface area contributed by atoms with Gasteiger partial charge in [-0.1, -0.05) is 35.9 Å². The number of hydrogen-bond donors (Lipinski definition) is 2. The minimum atomic E-state index is -0.455. The van der Waals surface area contributed by atoms with E-state index in [1.54, 1.807) is 24.3 Å². The van der Waals surface area contributed by atoms with Crippen molar-refractivity contribution in [3.63, 3.8) is 0 Å². The second-order valence-corrected chi connectivity index (χ2v) is 5.70. The van der Waals surface area contributed by atoms with Crippen molar-refractivity contribution in [2.45, 2.75) is 13.3 Å². The lowest BCUT2D eigenvalue weighted by atomic mass is 10.1. The molecule has 0 spiro atoms. The molecule has 24 heavy (non-hydrogen) atoms. The number of hydrogen-bond acceptors (Lipinski definition) is 3. The number of aryl methyl sites for hydroxylation is 1. The van der Waals surface area contributed by atoms with Crippen LogP contribution < -0.4 is 10.6 Å². The van der Waals surface area contributed by atoms with Crippen molar-refractivity contribution in [2.75, 3.05) is 11.9 Å². The van der Waals surface area contributed by atoms with Gasteiger partial charge in [-0.3, -0.25) is 4.79 Å². The summed E-state index contributed by atoms with van der Waals surface area (Å²) in [5.41, 5.74) is 3.08. The van der Waals surface area contributed by atoms with Gasteiger partial charge in [0.05, 0.1) is 0 Å². The van der Waals surface area contributed by atoms with Crippen molar-refractivity contribution in [1.29, 1.82) is 5.26 Å². The first-order valence-electron chi connectivity index (χ1n) is 7.55. The van der Waals surface area contributed by atoms with Crippen molar-refractivity contribution in [3.8, 4) is 6.07 Å². The Morgan fingerprint density at radius 1 is 1.21 bits per heavy atom. The molecule has 2 N–H and O–H groups in total. The number of nitrogens with zero attached hydrogens (tertiary/aromatic N) is 1. The molecule has 2 aromatic carbocycles. The van der Waals surface area contributed by atoms with E-state index in [0.29, 0.717) is 17.3 Å². The van der Waals surface area contributed by atoms with Gasteiger partial charge in [0.2, 0.25) is 0 Å². The fourth-order valence-electron chi connectivity index (χ4n) is 2.15. The highest BCUT2D eigenvalue weighted by atomic mass is 35.5. The summed E-state index contributed by atoms with van der Waals surface area (Å²) in [6.07, 6.45) is 2.27. The minimum Gasteiger partial charge on any atom is -0.389 e. The van der Waals surface area contributed by atoms with E-state index in [0.717, 1.165) is 6.42 Å². The van der Waals surface area contributed by atoms with Crippen molar-refractivity contribution in [3.05, 3.63) is 76.5 Å². The van der Waals surface area contributed by atoms with E-state index in [1.807, 2.05) is 18.2 Å². The van der Waals surface area contributed by atoms with Gasteiger partial charge in [0.15, 0.2) is 0 Å². The summed E-state index contributed by atoms with van der Waals surface area (Å²) in [5.74, 6) is -0.455. The van der Waals surface area contributed by atoms with Gasteiger partial charge in [0.1, 0.15) is 11.6 Å².